The van der Waals surface area contributed by atoms with Crippen molar-refractivity contribution in [1.82, 2.24) is 15.1 Å². The van der Waals surface area contributed by atoms with E-state index in [2.05, 4.69) is 15.1 Å². The lowest BCUT2D eigenvalue weighted by molar-refractivity contribution is 0.0739. The molecule has 7 nitrogen and oxygen atoms in total. The van der Waals surface area contributed by atoms with E-state index in [1.807, 2.05) is 0 Å². The van der Waals surface area contributed by atoms with Crippen molar-refractivity contribution in [1.29, 1.82) is 0 Å². The van der Waals surface area contributed by atoms with Crippen LogP contribution in [0.1, 0.15) is 10.5 Å². The second kappa shape index (κ2) is 6.69. The number of H-pyrrole nitrogens is 1. The van der Waals surface area contributed by atoms with Crippen LogP contribution in [0.5, 0.6) is 5.75 Å². The van der Waals surface area contributed by atoms with Gasteiger partial charge in [-0.25, -0.2) is 9.49 Å². The highest BCUT2D eigenvalue weighted by Gasteiger charge is 2.23. The minimum Gasteiger partial charge on any atom is -0.494 e. The fourth-order valence-electron chi connectivity index (χ4n) is 2.64. The van der Waals surface area contributed by atoms with Gasteiger partial charge in [0, 0.05) is 44.0 Å². The van der Waals surface area contributed by atoms with Crippen LogP contribution in [0.15, 0.2) is 35.1 Å². The van der Waals surface area contributed by atoms with Gasteiger partial charge >= 0.3 is 0 Å². The van der Waals surface area contributed by atoms with E-state index >= 15 is 0 Å². The Labute approximate surface area is 137 Å². The molecule has 0 spiro atoms. The topological polar surface area (TPSA) is 78.5 Å². The van der Waals surface area contributed by atoms with E-state index in [9.17, 15) is 14.0 Å². The van der Waals surface area contributed by atoms with Crippen LogP contribution < -0.4 is 15.2 Å². The van der Waals surface area contributed by atoms with Crippen molar-refractivity contribution in [3.05, 3.63) is 52.2 Å². The average molecular weight is 332 g/mol. The van der Waals surface area contributed by atoms with Gasteiger partial charge in [-0.1, -0.05) is 0 Å². The molecule has 24 heavy (non-hydrogen) atoms. The van der Waals surface area contributed by atoms with Gasteiger partial charge in [-0.05, 0) is 18.2 Å². The number of anilines is 1. The molecule has 0 saturated carbocycles. The number of methoxy groups -OCH3 is 1. The summed E-state index contributed by atoms with van der Waals surface area (Å²) >= 11 is 0. The summed E-state index contributed by atoms with van der Waals surface area (Å²) in [5.41, 5.74) is 0.718. The van der Waals surface area contributed by atoms with Gasteiger partial charge in [-0.3, -0.25) is 9.59 Å². The zero-order valence-electron chi connectivity index (χ0n) is 13.2. The number of halogens is 1. The number of aromatic amines is 1. The largest absolute Gasteiger partial charge is 0.494 e. The predicted octanol–water partition coefficient (Wildman–Crippen LogP) is 0.880. The van der Waals surface area contributed by atoms with Gasteiger partial charge in [0.25, 0.3) is 11.5 Å². The zero-order chi connectivity index (χ0) is 17.1. The SMILES string of the molecule is COc1cc(N2CCN(C(=O)c3ccc(=O)[nH]n3)CC2)ccc1F. The number of hydrogen-bond donors (Lipinski definition) is 1. The molecule has 1 fully saturated rings. The first kappa shape index (κ1) is 16.0. The minimum absolute atomic E-state index is 0.198. The maximum atomic E-state index is 13.5. The number of benzene rings is 1. The number of ether oxygens (including phenoxy) is 1. The number of hydrogen-bond acceptors (Lipinski definition) is 5. The van der Waals surface area contributed by atoms with E-state index in [-0.39, 0.29) is 22.9 Å². The molecule has 0 aliphatic carbocycles. The number of aromatic nitrogens is 2. The lowest BCUT2D eigenvalue weighted by Gasteiger charge is -2.36. The van der Waals surface area contributed by atoms with Crippen molar-refractivity contribution >= 4 is 11.6 Å². The van der Waals surface area contributed by atoms with E-state index in [0.717, 1.165) is 5.69 Å². The summed E-state index contributed by atoms with van der Waals surface area (Å²) in [5, 5.41) is 6.02. The maximum Gasteiger partial charge on any atom is 0.274 e. The van der Waals surface area contributed by atoms with Crippen LogP contribution in [0.25, 0.3) is 0 Å². The minimum atomic E-state index is -0.404. The second-order valence-electron chi connectivity index (χ2n) is 5.40. The first-order valence-electron chi connectivity index (χ1n) is 7.52. The van der Waals surface area contributed by atoms with E-state index in [4.69, 9.17) is 4.74 Å². The molecule has 1 saturated heterocycles. The van der Waals surface area contributed by atoms with Crippen LogP contribution in [0.3, 0.4) is 0 Å². The summed E-state index contributed by atoms with van der Waals surface area (Å²) in [7, 11) is 1.43. The fourth-order valence-corrected chi connectivity index (χ4v) is 2.64. The lowest BCUT2D eigenvalue weighted by Crippen LogP contribution is -2.49. The van der Waals surface area contributed by atoms with E-state index < -0.39 is 5.82 Å². The Balaban J connectivity index is 1.66. The molecule has 3 rings (SSSR count). The Morgan fingerprint density at radius 3 is 2.58 bits per heavy atom. The number of nitrogens with one attached hydrogen (secondary N) is 1. The van der Waals surface area contributed by atoms with Crippen molar-refractivity contribution in [3.63, 3.8) is 0 Å². The number of carbonyl (C=O) groups excluding carboxylic acids is 1. The molecule has 0 atom stereocenters. The van der Waals surface area contributed by atoms with E-state index in [1.54, 1.807) is 17.0 Å². The van der Waals surface area contributed by atoms with Crippen molar-refractivity contribution < 1.29 is 13.9 Å². The van der Waals surface area contributed by atoms with Gasteiger partial charge < -0.3 is 14.5 Å². The molecule has 2 aromatic rings. The molecule has 126 valence electrons. The molecule has 1 amide bonds. The molecule has 1 aliphatic rings. The maximum absolute atomic E-state index is 13.5. The van der Waals surface area contributed by atoms with Crippen LogP contribution in [-0.4, -0.2) is 54.3 Å². The first-order chi connectivity index (χ1) is 11.6. The molecule has 0 unspecified atom stereocenters. The molecule has 2 heterocycles. The van der Waals surface area contributed by atoms with Gasteiger partial charge in [-0.15, -0.1) is 0 Å². The standard InChI is InChI=1S/C16H17FN4O3/c1-24-14-10-11(2-3-12(14)17)20-6-8-21(9-7-20)16(23)13-4-5-15(22)19-18-13/h2-5,10H,6-9H2,1H3,(H,19,22). The van der Waals surface area contributed by atoms with Gasteiger partial charge in [0.15, 0.2) is 11.6 Å². The molecule has 1 aromatic carbocycles. The van der Waals surface area contributed by atoms with Crippen molar-refractivity contribution in [2.45, 2.75) is 0 Å². The average Bonchev–Trinajstić information content (AvgIpc) is 2.62. The summed E-state index contributed by atoms with van der Waals surface area (Å²) in [6, 6.07) is 7.41. The Kier molecular flexibility index (Phi) is 4.45. The molecular formula is C16H17FN4O3. The molecular weight excluding hydrogens is 315 g/mol. The first-order valence-corrected chi connectivity index (χ1v) is 7.52. The molecule has 0 radical (unpaired) electrons. The molecule has 8 heteroatoms. The Morgan fingerprint density at radius 2 is 1.96 bits per heavy atom. The van der Waals surface area contributed by atoms with Gasteiger partial charge in [0.2, 0.25) is 0 Å². The van der Waals surface area contributed by atoms with Crippen LogP contribution >= 0.6 is 0 Å². The Morgan fingerprint density at radius 1 is 1.21 bits per heavy atom. The fraction of sp³-hybridized carbons (Fsp3) is 0.312. The summed E-state index contributed by atoms with van der Waals surface area (Å²) in [6.07, 6.45) is 0. The Hall–Kier alpha value is -2.90. The number of amides is 1. The molecule has 1 N–H and O–H groups in total. The number of piperazine rings is 1. The normalized spacial score (nSPS) is 14.6. The monoisotopic (exact) mass is 332 g/mol. The smallest absolute Gasteiger partial charge is 0.274 e. The quantitative estimate of drug-likeness (QED) is 0.903. The van der Waals surface area contributed by atoms with E-state index in [1.165, 1.54) is 25.3 Å². The summed E-state index contributed by atoms with van der Waals surface area (Å²) in [6.45, 7) is 2.26. The predicted molar refractivity (Wildman–Crippen MR) is 85.9 cm³/mol. The zero-order valence-corrected chi connectivity index (χ0v) is 13.2. The highest BCUT2D eigenvalue weighted by Crippen LogP contribution is 2.25. The van der Waals surface area contributed by atoms with Gasteiger partial charge in [0.1, 0.15) is 5.69 Å². The molecule has 1 aliphatic heterocycles. The second-order valence-corrected chi connectivity index (χ2v) is 5.40. The third-order valence-electron chi connectivity index (χ3n) is 3.96. The van der Waals surface area contributed by atoms with Crippen molar-refractivity contribution in [2.24, 2.45) is 0 Å². The van der Waals surface area contributed by atoms with Crippen molar-refractivity contribution in [3.8, 4) is 5.75 Å². The van der Waals surface area contributed by atoms with Crippen LogP contribution in [0, 0.1) is 5.82 Å². The number of carbonyl (C=O) groups is 1. The van der Waals surface area contributed by atoms with Crippen molar-refractivity contribution in [2.75, 3.05) is 38.2 Å². The summed E-state index contributed by atoms with van der Waals surface area (Å²) in [5.74, 6) is -0.426. The Bertz CT molecular complexity index is 780. The highest BCUT2D eigenvalue weighted by atomic mass is 19.1. The highest BCUT2D eigenvalue weighted by molar-refractivity contribution is 5.92. The lowest BCUT2D eigenvalue weighted by atomic mass is 10.2. The third-order valence-corrected chi connectivity index (χ3v) is 3.96. The summed E-state index contributed by atoms with van der Waals surface area (Å²) in [4.78, 5) is 27.1. The van der Waals surface area contributed by atoms with Crippen LogP contribution in [0.4, 0.5) is 10.1 Å². The van der Waals surface area contributed by atoms with Gasteiger partial charge in [0.05, 0.1) is 7.11 Å². The summed E-state index contributed by atoms with van der Waals surface area (Å²) < 4.78 is 18.5. The third kappa shape index (κ3) is 3.22. The van der Waals surface area contributed by atoms with Crippen LogP contribution in [0.2, 0.25) is 0 Å². The number of rotatable bonds is 3. The molecule has 0 bridgehead atoms. The molecule has 1 aromatic heterocycles. The van der Waals surface area contributed by atoms with Crippen LogP contribution in [-0.2, 0) is 0 Å². The van der Waals surface area contributed by atoms with E-state index in [0.29, 0.717) is 26.2 Å². The number of nitrogens with zero attached hydrogens (tertiary/aromatic N) is 3. The van der Waals surface area contributed by atoms with Gasteiger partial charge in [-0.2, -0.15) is 5.10 Å².